The lowest BCUT2D eigenvalue weighted by molar-refractivity contribution is 0.103. The lowest BCUT2D eigenvalue weighted by Gasteiger charge is -2.30. The average molecular weight is 422 g/mol. The SMILES string of the molecule is CC[C@H]1OC(=O)Nc2ncnc(-c3cc(C(F)(F)P)cc(N4CCNCC4)n3)c21. The molecule has 2 aliphatic rings. The first-order valence-electron chi connectivity index (χ1n) is 9.34. The van der Waals surface area contributed by atoms with Crippen LogP contribution in [-0.2, 0) is 10.4 Å². The second kappa shape index (κ2) is 7.76. The Balaban J connectivity index is 1.87. The van der Waals surface area contributed by atoms with Gasteiger partial charge in [0.15, 0.2) is 0 Å². The largest absolute Gasteiger partial charge is 0.441 e. The summed E-state index contributed by atoms with van der Waals surface area (Å²) in [7, 11) is 1.57. The number of rotatable bonds is 4. The van der Waals surface area contributed by atoms with Crippen molar-refractivity contribution >= 4 is 27.0 Å². The zero-order valence-corrected chi connectivity index (χ0v) is 16.9. The molecule has 2 aromatic rings. The van der Waals surface area contributed by atoms with Gasteiger partial charge in [0.2, 0.25) is 0 Å². The minimum absolute atomic E-state index is 0.179. The van der Waals surface area contributed by atoms with Crippen molar-refractivity contribution in [1.29, 1.82) is 0 Å². The minimum Gasteiger partial charge on any atom is -0.441 e. The Kier molecular flexibility index (Phi) is 5.31. The molecule has 1 fully saturated rings. The number of pyridine rings is 1. The van der Waals surface area contributed by atoms with Crippen molar-refractivity contribution in [3.8, 4) is 11.4 Å². The van der Waals surface area contributed by atoms with E-state index in [-0.39, 0.29) is 11.3 Å². The van der Waals surface area contributed by atoms with E-state index in [1.54, 1.807) is 9.24 Å². The summed E-state index contributed by atoms with van der Waals surface area (Å²) in [6.07, 6.45) is 0.586. The molecule has 1 unspecified atom stereocenters. The molecule has 29 heavy (non-hydrogen) atoms. The molecule has 0 spiro atoms. The first-order chi connectivity index (χ1) is 13.9. The van der Waals surface area contributed by atoms with Crippen molar-refractivity contribution in [1.82, 2.24) is 20.3 Å². The van der Waals surface area contributed by atoms with Gasteiger partial charge in [-0.15, -0.1) is 0 Å². The summed E-state index contributed by atoms with van der Waals surface area (Å²) >= 11 is 0. The van der Waals surface area contributed by atoms with E-state index in [0.29, 0.717) is 42.4 Å². The van der Waals surface area contributed by atoms with Gasteiger partial charge in [0.1, 0.15) is 29.8 Å². The summed E-state index contributed by atoms with van der Waals surface area (Å²) in [4.78, 5) is 26.8. The zero-order chi connectivity index (χ0) is 20.6. The number of hydrogen-bond acceptors (Lipinski definition) is 7. The molecule has 2 aromatic heterocycles. The number of carbonyl (C=O) groups is 1. The summed E-state index contributed by atoms with van der Waals surface area (Å²) < 4.78 is 33.8. The number of amides is 1. The number of piperazine rings is 1. The van der Waals surface area contributed by atoms with Crippen molar-refractivity contribution < 1.29 is 18.3 Å². The lowest BCUT2D eigenvalue weighted by atomic mass is 10.0. The van der Waals surface area contributed by atoms with Crippen LogP contribution in [0.1, 0.15) is 30.6 Å². The molecule has 11 heteroatoms. The average Bonchev–Trinajstić information content (AvgIpc) is 2.72. The number of aromatic nitrogens is 3. The van der Waals surface area contributed by atoms with Crippen molar-refractivity contribution in [3.05, 3.63) is 29.6 Å². The summed E-state index contributed by atoms with van der Waals surface area (Å²) in [5.41, 5.74) is -2.10. The number of anilines is 2. The molecule has 0 bridgehead atoms. The number of fused-ring (bicyclic) bond motifs is 1. The van der Waals surface area contributed by atoms with E-state index in [0.717, 1.165) is 13.1 Å². The van der Waals surface area contributed by atoms with E-state index in [1.807, 2.05) is 11.8 Å². The highest BCUT2D eigenvalue weighted by atomic mass is 31.0. The Morgan fingerprint density at radius 1 is 1.31 bits per heavy atom. The van der Waals surface area contributed by atoms with Crippen LogP contribution in [0, 0.1) is 0 Å². The highest BCUT2D eigenvalue weighted by Gasteiger charge is 2.32. The maximum atomic E-state index is 14.2. The van der Waals surface area contributed by atoms with Crippen molar-refractivity contribution in [2.75, 3.05) is 36.4 Å². The zero-order valence-electron chi connectivity index (χ0n) is 15.8. The fourth-order valence-electron chi connectivity index (χ4n) is 3.49. The molecular formula is C18H21F2N6O2P. The van der Waals surface area contributed by atoms with Crippen LogP contribution in [0.2, 0.25) is 0 Å². The fraction of sp³-hybridized carbons (Fsp3) is 0.444. The van der Waals surface area contributed by atoms with Crippen LogP contribution in [0.15, 0.2) is 18.5 Å². The Labute approximate surface area is 168 Å². The van der Waals surface area contributed by atoms with Gasteiger partial charge in [0.05, 0.1) is 11.3 Å². The van der Waals surface area contributed by atoms with E-state index in [1.165, 1.54) is 18.5 Å². The van der Waals surface area contributed by atoms with Crippen LogP contribution in [0.5, 0.6) is 0 Å². The number of halogens is 2. The lowest BCUT2D eigenvalue weighted by Crippen LogP contribution is -2.44. The maximum Gasteiger partial charge on any atom is 0.413 e. The molecule has 0 saturated carbocycles. The van der Waals surface area contributed by atoms with Crippen LogP contribution < -0.4 is 15.5 Å². The number of carbonyl (C=O) groups excluding carboxylic acids is 1. The third-order valence-corrected chi connectivity index (χ3v) is 5.26. The van der Waals surface area contributed by atoms with Crippen molar-refractivity contribution in [2.45, 2.75) is 25.1 Å². The van der Waals surface area contributed by atoms with Gasteiger partial charge < -0.3 is 15.0 Å². The van der Waals surface area contributed by atoms with Crippen LogP contribution in [-0.4, -0.2) is 47.2 Å². The third-order valence-electron chi connectivity index (χ3n) is 4.93. The van der Waals surface area contributed by atoms with Gasteiger partial charge >= 0.3 is 6.09 Å². The molecule has 1 amide bonds. The molecule has 2 atom stereocenters. The summed E-state index contributed by atoms with van der Waals surface area (Å²) in [5, 5.41) is 5.78. The molecule has 1 saturated heterocycles. The normalized spacial score (nSPS) is 19.4. The number of ether oxygens (including phenoxy) is 1. The van der Waals surface area contributed by atoms with E-state index in [9.17, 15) is 13.6 Å². The molecule has 0 aromatic carbocycles. The van der Waals surface area contributed by atoms with Gasteiger partial charge in [0, 0.05) is 31.7 Å². The smallest absolute Gasteiger partial charge is 0.413 e. The van der Waals surface area contributed by atoms with Crippen molar-refractivity contribution in [2.24, 2.45) is 0 Å². The van der Waals surface area contributed by atoms with Gasteiger partial charge in [-0.05, 0) is 18.6 Å². The predicted octanol–water partition coefficient (Wildman–Crippen LogP) is 2.89. The van der Waals surface area contributed by atoms with E-state index < -0.39 is 17.9 Å². The molecule has 8 nitrogen and oxygen atoms in total. The van der Waals surface area contributed by atoms with Crippen LogP contribution in [0.25, 0.3) is 11.4 Å². The van der Waals surface area contributed by atoms with E-state index >= 15 is 0 Å². The summed E-state index contributed by atoms with van der Waals surface area (Å²) in [6.45, 7) is 4.68. The molecule has 2 N–H and O–H groups in total. The number of nitrogens with zero attached hydrogens (tertiary/aromatic N) is 4. The highest BCUT2D eigenvalue weighted by molar-refractivity contribution is 7.17. The minimum atomic E-state index is -3.12. The molecule has 4 rings (SSSR count). The highest BCUT2D eigenvalue weighted by Crippen LogP contribution is 2.41. The summed E-state index contributed by atoms with van der Waals surface area (Å²) in [6, 6.07) is 2.73. The maximum absolute atomic E-state index is 14.2. The Hall–Kier alpha value is -2.45. The molecule has 0 radical (unpaired) electrons. The number of cyclic esters (lactones) is 1. The molecule has 2 aliphatic heterocycles. The fourth-order valence-corrected chi connectivity index (χ4v) is 3.66. The second-order valence-corrected chi connectivity index (χ2v) is 7.60. The number of alkyl halides is 2. The van der Waals surface area contributed by atoms with E-state index in [4.69, 9.17) is 4.74 Å². The summed E-state index contributed by atoms with van der Waals surface area (Å²) in [5.74, 6) is 0.772. The Morgan fingerprint density at radius 3 is 2.76 bits per heavy atom. The molecule has 0 aliphatic carbocycles. The van der Waals surface area contributed by atoms with Crippen molar-refractivity contribution in [3.63, 3.8) is 0 Å². The Bertz CT molecular complexity index is 933. The first-order valence-corrected chi connectivity index (χ1v) is 9.92. The van der Waals surface area contributed by atoms with Gasteiger partial charge in [-0.2, -0.15) is 8.78 Å². The monoisotopic (exact) mass is 422 g/mol. The van der Waals surface area contributed by atoms with Gasteiger partial charge in [-0.1, -0.05) is 16.2 Å². The topological polar surface area (TPSA) is 92.3 Å². The van der Waals surface area contributed by atoms with E-state index in [2.05, 4.69) is 25.6 Å². The van der Waals surface area contributed by atoms with Crippen LogP contribution in [0.4, 0.5) is 25.2 Å². The van der Waals surface area contributed by atoms with Crippen LogP contribution >= 0.6 is 9.24 Å². The van der Waals surface area contributed by atoms with Crippen LogP contribution in [0.3, 0.4) is 0 Å². The third kappa shape index (κ3) is 4.00. The quantitative estimate of drug-likeness (QED) is 0.732. The second-order valence-electron chi connectivity index (χ2n) is 6.87. The number of hydrogen-bond donors (Lipinski definition) is 2. The molecular weight excluding hydrogens is 401 g/mol. The van der Waals surface area contributed by atoms with Gasteiger partial charge in [0.25, 0.3) is 5.66 Å². The first kappa shape index (κ1) is 19.8. The predicted molar refractivity (Wildman–Crippen MR) is 107 cm³/mol. The number of nitrogens with one attached hydrogen (secondary N) is 2. The van der Waals surface area contributed by atoms with Gasteiger partial charge in [-0.25, -0.2) is 19.7 Å². The molecule has 4 heterocycles. The Morgan fingerprint density at radius 2 is 2.07 bits per heavy atom. The standard InChI is InChI=1S/C18H21F2N6O2P/c1-2-12-14-15(22-9-23-16(14)25-17(27)28-12)11-7-10(18(19,20)29)8-13(24-11)26-5-3-21-4-6-26/h7-9,12,21H,2-6,29H2,1H3,(H,22,23,25,27)/t12-/m1/s1. The van der Waals surface area contributed by atoms with Gasteiger partial charge in [-0.3, -0.25) is 5.32 Å². The molecule has 154 valence electrons.